The number of sulfonamides is 2. The molecule has 0 bridgehead atoms. The van der Waals surface area contributed by atoms with Crippen LogP contribution >= 0.6 is 0 Å². The predicted octanol–water partition coefficient (Wildman–Crippen LogP) is 5.03. The highest BCUT2D eigenvalue weighted by Gasteiger charge is 2.37. The van der Waals surface area contributed by atoms with Gasteiger partial charge in [-0.2, -0.15) is 8.61 Å². The molecule has 0 amide bonds. The van der Waals surface area contributed by atoms with Crippen molar-refractivity contribution in [3.63, 3.8) is 0 Å². The molecule has 2 aromatic rings. The van der Waals surface area contributed by atoms with Gasteiger partial charge in [-0.25, -0.2) is 16.8 Å². The normalized spacial score (nSPS) is 22.6. The van der Waals surface area contributed by atoms with Crippen LogP contribution in [0.3, 0.4) is 0 Å². The van der Waals surface area contributed by atoms with Crippen molar-refractivity contribution < 1.29 is 21.6 Å². The topological polar surface area (TPSA) is 90.5 Å². The number of hydrogen-bond donors (Lipinski definition) is 0. The summed E-state index contributed by atoms with van der Waals surface area (Å²) in [5.74, 6) is 0. The highest BCUT2D eigenvalue weighted by molar-refractivity contribution is 7.89. The van der Waals surface area contributed by atoms with Crippen LogP contribution in [0.25, 0.3) is 0 Å². The number of rotatable bonds is 8. The molecule has 0 aromatic heterocycles. The molecule has 0 radical (unpaired) electrons. The molecule has 0 aliphatic carbocycles. The van der Waals surface area contributed by atoms with Gasteiger partial charge in [-0.3, -0.25) is 4.90 Å². The minimum absolute atomic E-state index is 0.239. The lowest BCUT2D eigenvalue weighted by Crippen LogP contribution is -2.50. The molecule has 4 heterocycles. The highest BCUT2D eigenvalue weighted by atomic mass is 32.2. The number of benzene rings is 2. The smallest absolute Gasteiger partial charge is 0.243 e. The third-order valence-corrected chi connectivity index (χ3v) is 15.4. The summed E-state index contributed by atoms with van der Waals surface area (Å²) < 4.78 is 66.6. The van der Waals surface area contributed by atoms with E-state index >= 15 is 0 Å². The molecule has 266 valence electrons. The second kappa shape index (κ2) is 15.2. The van der Waals surface area contributed by atoms with Crippen molar-refractivity contribution in [1.82, 2.24) is 18.4 Å². The van der Waals surface area contributed by atoms with Gasteiger partial charge in [0.05, 0.1) is 23.0 Å². The summed E-state index contributed by atoms with van der Waals surface area (Å²) in [5.41, 5.74) is 4.72. The molecule has 4 aliphatic heterocycles. The standard InChI is InChI=1S/C37H56N4O5S2/c1-28-23-30(3)36(47(42,43)40-15-9-34(10-16-40)38-13-7-5-6-8-14-38)32(25-28)27-33-26-29(2)24-31(4)37(33)48(44,45)41-17-11-35(12-18-41)39-19-21-46-22-20-39/h23-26,34-35H,5-22,27H2,1-4H3. The summed E-state index contributed by atoms with van der Waals surface area (Å²) >= 11 is 0. The molecule has 6 rings (SSSR count). The summed E-state index contributed by atoms with van der Waals surface area (Å²) in [5, 5.41) is 0. The average molecular weight is 701 g/mol. The van der Waals surface area contributed by atoms with E-state index in [4.69, 9.17) is 4.74 Å². The number of likely N-dealkylation sites (tertiary alicyclic amines) is 1. The van der Waals surface area contributed by atoms with Crippen molar-refractivity contribution in [3.05, 3.63) is 57.6 Å². The molecule has 0 unspecified atom stereocenters. The van der Waals surface area contributed by atoms with Crippen LogP contribution in [0.2, 0.25) is 0 Å². The third kappa shape index (κ3) is 7.72. The second-order valence-corrected chi connectivity index (χ2v) is 18.4. The summed E-state index contributed by atoms with van der Waals surface area (Å²) in [6.45, 7) is 15.2. The minimum atomic E-state index is -3.80. The number of nitrogens with zero attached hydrogens (tertiary/aromatic N) is 4. The third-order valence-electron chi connectivity index (χ3n) is 11.1. The maximum atomic E-state index is 14.5. The van der Waals surface area contributed by atoms with E-state index in [1.54, 1.807) is 8.61 Å². The fraction of sp³-hybridized carbons (Fsp3) is 0.676. The summed E-state index contributed by atoms with van der Waals surface area (Å²) in [6, 6.07) is 8.58. The number of aryl methyl sites for hydroxylation is 4. The van der Waals surface area contributed by atoms with E-state index in [1.165, 1.54) is 25.7 Å². The van der Waals surface area contributed by atoms with Gasteiger partial charge in [-0.05, 0) is 102 Å². The molecule has 4 saturated heterocycles. The summed E-state index contributed by atoms with van der Waals surface area (Å²) in [4.78, 5) is 5.70. The lowest BCUT2D eigenvalue weighted by Gasteiger charge is -2.39. The van der Waals surface area contributed by atoms with E-state index in [9.17, 15) is 16.8 Å². The molecule has 48 heavy (non-hydrogen) atoms. The Hall–Kier alpha value is -1.86. The Morgan fingerprint density at radius 1 is 0.562 bits per heavy atom. The van der Waals surface area contributed by atoms with Gasteiger partial charge >= 0.3 is 0 Å². The first-order valence-electron chi connectivity index (χ1n) is 18.2. The predicted molar refractivity (Wildman–Crippen MR) is 191 cm³/mol. The molecule has 0 saturated carbocycles. The summed E-state index contributed by atoms with van der Waals surface area (Å²) in [7, 11) is -7.58. The minimum Gasteiger partial charge on any atom is -0.379 e. The second-order valence-electron chi connectivity index (χ2n) is 14.7. The summed E-state index contributed by atoms with van der Waals surface area (Å²) in [6.07, 6.45) is 8.57. The maximum Gasteiger partial charge on any atom is 0.243 e. The first-order valence-corrected chi connectivity index (χ1v) is 21.1. The molecule has 0 atom stereocenters. The van der Waals surface area contributed by atoms with Gasteiger partial charge in [0.25, 0.3) is 0 Å². The molecule has 4 aliphatic rings. The van der Waals surface area contributed by atoms with Gasteiger partial charge in [-0.15, -0.1) is 0 Å². The Morgan fingerprint density at radius 2 is 0.958 bits per heavy atom. The van der Waals surface area contributed by atoms with Gasteiger partial charge in [0.1, 0.15) is 0 Å². The van der Waals surface area contributed by atoms with E-state index in [0.717, 1.165) is 81.8 Å². The van der Waals surface area contributed by atoms with Crippen LogP contribution in [0.15, 0.2) is 34.1 Å². The van der Waals surface area contributed by atoms with E-state index in [0.29, 0.717) is 64.7 Å². The van der Waals surface area contributed by atoms with E-state index in [2.05, 4.69) is 9.80 Å². The fourth-order valence-corrected chi connectivity index (χ4v) is 12.6. The molecular formula is C37H56N4O5S2. The van der Waals surface area contributed by atoms with Crippen molar-refractivity contribution >= 4 is 20.0 Å². The van der Waals surface area contributed by atoms with Crippen LogP contribution in [0.1, 0.15) is 84.7 Å². The fourth-order valence-electron chi connectivity index (χ4n) is 8.85. The first kappa shape index (κ1) is 35.9. The van der Waals surface area contributed by atoms with Crippen LogP contribution in [-0.2, 0) is 31.2 Å². The van der Waals surface area contributed by atoms with Crippen LogP contribution in [0.4, 0.5) is 0 Å². The molecule has 0 N–H and O–H groups in total. The first-order chi connectivity index (χ1) is 22.9. The number of ether oxygens (including phenoxy) is 1. The van der Waals surface area contributed by atoms with Crippen molar-refractivity contribution in [2.75, 3.05) is 65.6 Å². The SMILES string of the molecule is Cc1cc(C)c(S(=O)(=O)N2CCC(N3CCCCCC3)CC2)c(Cc2cc(C)cc(C)c2S(=O)(=O)N2CCC(N3CCOCC3)CC2)c1. The average Bonchev–Trinajstić information content (AvgIpc) is 3.34. The lowest BCUT2D eigenvalue weighted by atomic mass is 9.98. The zero-order valence-electron chi connectivity index (χ0n) is 29.5. The Kier molecular flexibility index (Phi) is 11.4. The van der Waals surface area contributed by atoms with Crippen LogP contribution in [-0.4, -0.2) is 113 Å². The quantitative estimate of drug-likeness (QED) is 0.382. The monoisotopic (exact) mass is 700 g/mol. The van der Waals surface area contributed by atoms with Crippen LogP contribution in [0, 0.1) is 27.7 Å². The van der Waals surface area contributed by atoms with Crippen molar-refractivity contribution in [2.24, 2.45) is 0 Å². The van der Waals surface area contributed by atoms with Crippen molar-refractivity contribution in [1.29, 1.82) is 0 Å². The Morgan fingerprint density at radius 3 is 1.38 bits per heavy atom. The van der Waals surface area contributed by atoms with Gasteiger partial charge in [0.15, 0.2) is 0 Å². The Labute approximate surface area is 289 Å². The molecular weight excluding hydrogens is 645 g/mol. The van der Waals surface area contributed by atoms with Crippen molar-refractivity contribution in [2.45, 2.75) is 107 Å². The zero-order valence-corrected chi connectivity index (χ0v) is 31.2. The van der Waals surface area contributed by atoms with Crippen LogP contribution < -0.4 is 0 Å². The van der Waals surface area contributed by atoms with Crippen molar-refractivity contribution in [3.8, 4) is 0 Å². The van der Waals surface area contributed by atoms with Gasteiger partial charge in [0, 0.05) is 57.8 Å². The van der Waals surface area contributed by atoms with E-state index in [-0.39, 0.29) is 6.42 Å². The lowest BCUT2D eigenvalue weighted by molar-refractivity contribution is 0.00609. The maximum absolute atomic E-state index is 14.5. The number of morpholine rings is 1. The number of piperidine rings is 2. The molecule has 4 fully saturated rings. The largest absolute Gasteiger partial charge is 0.379 e. The number of hydrogen-bond acceptors (Lipinski definition) is 7. The molecule has 11 heteroatoms. The van der Waals surface area contributed by atoms with Gasteiger partial charge in [0.2, 0.25) is 20.0 Å². The molecule has 2 aromatic carbocycles. The molecule has 0 spiro atoms. The Balaban J connectivity index is 1.26. The highest BCUT2D eigenvalue weighted by Crippen LogP contribution is 2.35. The Bertz CT molecular complexity index is 1650. The van der Waals surface area contributed by atoms with Gasteiger partial charge in [-0.1, -0.05) is 48.2 Å². The van der Waals surface area contributed by atoms with E-state index in [1.807, 2.05) is 52.0 Å². The van der Waals surface area contributed by atoms with E-state index < -0.39 is 20.0 Å². The van der Waals surface area contributed by atoms with Crippen LogP contribution in [0.5, 0.6) is 0 Å². The molecule has 9 nitrogen and oxygen atoms in total. The van der Waals surface area contributed by atoms with Gasteiger partial charge < -0.3 is 9.64 Å². The zero-order chi connectivity index (χ0) is 34.1.